The van der Waals surface area contributed by atoms with Crippen molar-refractivity contribution in [3.63, 3.8) is 0 Å². The van der Waals surface area contributed by atoms with Crippen molar-refractivity contribution in [3.05, 3.63) is 35.4 Å². The summed E-state index contributed by atoms with van der Waals surface area (Å²) in [5.74, 6) is 0.535. The highest BCUT2D eigenvalue weighted by molar-refractivity contribution is 5.25. The largest absolute Gasteiger partial charge is 0.416 e. The zero-order valence-corrected chi connectivity index (χ0v) is 10.2. The Morgan fingerprint density at radius 2 is 1.67 bits per heavy atom. The number of hydrogen-bond donors (Lipinski definition) is 1. The van der Waals surface area contributed by atoms with Gasteiger partial charge in [0, 0.05) is 6.04 Å². The Morgan fingerprint density at radius 1 is 1.11 bits per heavy atom. The first kappa shape index (κ1) is 13.4. The van der Waals surface area contributed by atoms with Crippen LogP contribution in [0.2, 0.25) is 0 Å². The predicted molar refractivity (Wildman–Crippen MR) is 65.1 cm³/mol. The smallest absolute Gasteiger partial charge is 0.327 e. The summed E-state index contributed by atoms with van der Waals surface area (Å²) in [4.78, 5) is 0. The monoisotopic (exact) mass is 257 g/mol. The summed E-state index contributed by atoms with van der Waals surface area (Å²) < 4.78 is 37.2. The highest BCUT2D eigenvalue weighted by Crippen LogP contribution is 2.30. The van der Waals surface area contributed by atoms with Gasteiger partial charge in [-0.15, -0.1) is 0 Å². The molecule has 1 fully saturated rings. The van der Waals surface area contributed by atoms with Crippen molar-refractivity contribution in [1.29, 1.82) is 0 Å². The Bertz CT molecular complexity index is 377. The lowest BCUT2D eigenvalue weighted by atomic mass is 9.93. The normalized spacial score (nSPS) is 19.1. The highest BCUT2D eigenvalue weighted by atomic mass is 19.4. The van der Waals surface area contributed by atoms with E-state index in [1.54, 1.807) is 0 Å². The third kappa shape index (κ3) is 3.25. The van der Waals surface area contributed by atoms with Crippen LogP contribution in [-0.2, 0) is 12.6 Å². The maximum Gasteiger partial charge on any atom is 0.416 e. The fourth-order valence-corrected chi connectivity index (χ4v) is 2.65. The summed E-state index contributed by atoms with van der Waals surface area (Å²) in [5.41, 5.74) is 6.41. The van der Waals surface area contributed by atoms with Gasteiger partial charge in [-0.25, -0.2) is 0 Å². The van der Waals surface area contributed by atoms with Crippen molar-refractivity contribution in [3.8, 4) is 0 Å². The molecule has 0 spiro atoms. The molecule has 18 heavy (non-hydrogen) atoms. The van der Waals surface area contributed by atoms with Crippen molar-refractivity contribution >= 4 is 0 Å². The lowest BCUT2D eigenvalue weighted by Crippen LogP contribution is -2.30. The number of nitrogens with two attached hydrogens (primary N) is 1. The van der Waals surface area contributed by atoms with Crippen molar-refractivity contribution < 1.29 is 13.2 Å². The van der Waals surface area contributed by atoms with Crippen LogP contribution in [0.1, 0.15) is 36.8 Å². The zero-order valence-electron chi connectivity index (χ0n) is 10.2. The minimum absolute atomic E-state index is 0.0734. The molecule has 1 unspecified atom stereocenters. The molecular weight excluding hydrogens is 239 g/mol. The van der Waals surface area contributed by atoms with E-state index in [1.165, 1.54) is 25.0 Å². The molecule has 0 heterocycles. The molecule has 2 rings (SSSR count). The van der Waals surface area contributed by atoms with E-state index in [2.05, 4.69) is 0 Å². The van der Waals surface area contributed by atoms with Gasteiger partial charge in [0.1, 0.15) is 0 Å². The second-order valence-corrected chi connectivity index (χ2v) is 5.11. The van der Waals surface area contributed by atoms with E-state index >= 15 is 0 Å². The highest BCUT2D eigenvalue weighted by Gasteiger charge is 2.30. The lowest BCUT2D eigenvalue weighted by molar-refractivity contribution is -0.137. The van der Waals surface area contributed by atoms with E-state index in [0.717, 1.165) is 30.5 Å². The van der Waals surface area contributed by atoms with Crippen LogP contribution >= 0.6 is 0 Å². The van der Waals surface area contributed by atoms with E-state index in [-0.39, 0.29) is 6.04 Å². The SMILES string of the molecule is NC(Cc1ccc(C(F)(F)F)cc1)C1CCCC1. The first-order valence-corrected chi connectivity index (χ1v) is 6.38. The number of alkyl halides is 3. The van der Waals surface area contributed by atoms with Gasteiger partial charge in [-0.05, 0) is 42.9 Å². The molecular formula is C14H18F3N. The number of hydrogen-bond acceptors (Lipinski definition) is 1. The van der Waals surface area contributed by atoms with Crippen LogP contribution in [0.4, 0.5) is 13.2 Å². The number of halogens is 3. The first-order chi connectivity index (χ1) is 8.47. The molecule has 0 bridgehead atoms. The van der Waals surface area contributed by atoms with Gasteiger partial charge in [-0.1, -0.05) is 25.0 Å². The molecule has 0 radical (unpaired) electrons. The van der Waals surface area contributed by atoms with Gasteiger partial charge in [-0.2, -0.15) is 13.2 Å². The molecule has 1 saturated carbocycles. The molecule has 1 aliphatic rings. The molecule has 0 aliphatic heterocycles. The predicted octanol–water partition coefficient (Wildman–Crippen LogP) is 3.77. The summed E-state index contributed by atoms with van der Waals surface area (Å²) in [7, 11) is 0. The molecule has 1 atom stereocenters. The van der Waals surface area contributed by atoms with Crippen LogP contribution in [-0.4, -0.2) is 6.04 Å². The van der Waals surface area contributed by atoms with Crippen LogP contribution in [0.15, 0.2) is 24.3 Å². The Balaban J connectivity index is 1.97. The van der Waals surface area contributed by atoms with Gasteiger partial charge >= 0.3 is 6.18 Å². The molecule has 0 saturated heterocycles. The van der Waals surface area contributed by atoms with Crippen LogP contribution in [0.5, 0.6) is 0 Å². The number of benzene rings is 1. The average molecular weight is 257 g/mol. The fourth-order valence-electron chi connectivity index (χ4n) is 2.65. The van der Waals surface area contributed by atoms with Gasteiger partial charge in [-0.3, -0.25) is 0 Å². The maximum atomic E-state index is 12.4. The van der Waals surface area contributed by atoms with E-state index in [0.29, 0.717) is 12.3 Å². The second-order valence-electron chi connectivity index (χ2n) is 5.11. The first-order valence-electron chi connectivity index (χ1n) is 6.38. The third-order valence-electron chi connectivity index (χ3n) is 3.76. The summed E-state index contributed by atoms with van der Waals surface area (Å²) in [6.07, 6.45) is 1.18. The summed E-state index contributed by atoms with van der Waals surface area (Å²) in [6, 6.07) is 5.42. The molecule has 0 aromatic heterocycles. The van der Waals surface area contributed by atoms with Gasteiger partial charge in [0.15, 0.2) is 0 Å². The average Bonchev–Trinajstić information content (AvgIpc) is 2.82. The molecule has 1 nitrogen and oxygen atoms in total. The molecule has 1 aromatic rings. The van der Waals surface area contributed by atoms with Crippen LogP contribution in [0.3, 0.4) is 0 Å². The van der Waals surface area contributed by atoms with Gasteiger partial charge < -0.3 is 5.73 Å². The molecule has 1 aliphatic carbocycles. The Morgan fingerprint density at radius 3 is 2.17 bits per heavy atom. The van der Waals surface area contributed by atoms with Crippen molar-refractivity contribution in [2.45, 2.75) is 44.3 Å². The lowest BCUT2D eigenvalue weighted by Gasteiger charge is -2.19. The van der Waals surface area contributed by atoms with E-state index in [9.17, 15) is 13.2 Å². The Labute approximate surface area is 105 Å². The Hall–Kier alpha value is -1.03. The summed E-state index contributed by atoms with van der Waals surface area (Å²) in [5, 5.41) is 0. The number of rotatable bonds is 3. The Kier molecular flexibility index (Phi) is 3.95. The van der Waals surface area contributed by atoms with Crippen molar-refractivity contribution in [2.24, 2.45) is 11.7 Å². The molecule has 4 heteroatoms. The van der Waals surface area contributed by atoms with Crippen LogP contribution in [0, 0.1) is 5.92 Å². The minimum Gasteiger partial charge on any atom is -0.327 e. The maximum absolute atomic E-state index is 12.4. The van der Waals surface area contributed by atoms with E-state index in [1.807, 2.05) is 0 Å². The molecule has 1 aromatic carbocycles. The van der Waals surface area contributed by atoms with Crippen molar-refractivity contribution in [2.75, 3.05) is 0 Å². The van der Waals surface area contributed by atoms with Crippen LogP contribution in [0.25, 0.3) is 0 Å². The molecule has 2 N–H and O–H groups in total. The zero-order chi connectivity index (χ0) is 13.2. The quantitative estimate of drug-likeness (QED) is 0.876. The second kappa shape index (κ2) is 5.31. The van der Waals surface area contributed by atoms with Gasteiger partial charge in [0.2, 0.25) is 0 Å². The standard InChI is InChI=1S/C14H18F3N/c15-14(16,17)12-7-5-10(6-8-12)9-13(18)11-3-1-2-4-11/h5-8,11,13H,1-4,9,18H2. The summed E-state index contributed by atoms with van der Waals surface area (Å²) in [6.45, 7) is 0. The van der Waals surface area contributed by atoms with Gasteiger partial charge in [0.05, 0.1) is 5.56 Å². The van der Waals surface area contributed by atoms with Crippen LogP contribution < -0.4 is 5.73 Å². The molecule has 100 valence electrons. The van der Waals surface area contributed by atoms with Gasteiger partial charge in [0.25, 0.3) is 0 Å². The minimum atomic E-state index is -4.26. The molecule has 0 amide bonds. The van der Waals surface area contributed by atoms with Crippen molar-refractivity contribution in [1.82, 2.24) is 0 Å². The van der Waals surface area contributed by atoms with E-state index < -0.39 is 11.7 Å². The third-order valence-corrected chi connectivity index (χ3v) is 3.76. The fraction of sp³-hybridized carbons (Fsp3) is 0.571. The summed E-state index contributed by atoms with van der Waals surface area (Å²) >= 11 is 0. The van der Waals surface area contributed by atoms with E-state index in [4.69, 9.17) is 5.73 Å². The topological polar surface area (TPSA) is 26.0 Å².